The first kappa shape index (κ1) is 27.7. The van der Waals surface area contributed by atoms with Gasteiger partial charge in [-0.25, -0.2) is 0 Å². The summed E-state index contributed by atoms with van der Waals surface area (Å²) in [6.45, 7) is 0. The lowest BCUT2D eigenvalue weighted by Crippen LogP contribution is -1.95. The van der Waals surface area contributed by atoms with Crippen LogP contribution in [0.5, 0.6) is 0 Å². The van der Waals surface area contributed by atoms with Gasteiger partial charge in [0.05, 0.1) is 27.8 Å². The highest BCUT2D eigenvalue weighted by atomic mass is 15.0. The number of hydrogen-bond donors (Lipinski definition) is 0. The Kier molecular flexibility index (Phi) is 6.28. The lowest BCUT2D eigenvalue weighted by atomic mass is 9.98. The molecule has 0 spiro atoms. The largest absolute Gasteiger partial charge is 0.309 e. The van der Waals surface area contributed by atoms with Crippen molar-refractivity contribution >= 4 is 54.4 Å². The molecule has 0 N–H and O–H groups in total. The first-order chi connectivity index (χ1) is 24.3. The third-order valence-corrected chi connectivity index (χ3v) is 10.1. The Morgan fingerprint density at radius 1 is 0.327 bits per heavy atom. The first-order valence-corrected chi connectivity index (χ1v) is 17.0. The van der Waals surface area contributed by atoms with Gasteiger partial charge in [0.2, 0.25) is 0 Å². The summed E-state index contributed by atoms with van der Waals surface area (Å²) in [6, 6.07) is 66.5. The molecule has 2 aromatic heterocycles. The van der Waals surface area contributed by atoms with Gasteiger partial charge < -0.3 is 9.13 Å². The highest BCUT2D eigenvalue weighted by Gasteiger charge is 2.16. The fourth-order valence-corrected chi connectivity index (χ4v) is 7.89. The number of aromatic nitrogens is 2. The minimum atomic E-state index is 0.860. The van der Waals surface area contributed by atoms with E-state index in [-0.39, 0.29) is 0 Å². The second-order valence-corrected chi connectivity index (χ2v) is 13.0. The smallest absolute Gasteiger partial charge is 0.0547 e. The molecule has 0 fully saturated rings. The molecule has 10 aromatic rings. The van der Waals surface area contributed by atoms with E-state index in [4.69, 9.17) is 0 Å². The van der Waals surface area contributed by atoms with Crippen molar-refractivity contribution in [3.05, 3.63) is 193 Å². The van der Waals surface area contributed by atoms with Gasteiger partial charge in [0, 0.05) is 32.6 Å². The fraction of sp³-hybridized carbons (Fsp3) is 0.0213. The molecule has 0 saturated heterocycles. The molecule has 2 nitrogen and oxygen atoms in total. The zero-order chi connectivity index (χ0) is 32.3. The number of benzene rings is 8. The van der Waals surface area contributed by atoms with Gasteiger partial charge in [0.25, 0.3) is 0 Å². The summed E-state index contributed by atoms with van der Waals surface area (Å²) in [5, 5.41) is 7.61. The molecule has 2 heteroatoms. The van der Waals surface area contributed by atoms with Crippen molar-refractivity contribution in [1.82, 2.24) is 9.13 Å². The molecule has 0 unspecified atom stereocenters. The van der Waals surface area contributed by atoms with Gasteiger partial charge in [-0.05, 0) is 76.5 Å². The second-order valence-electron chi connectivity index (χ2n) is 13.0. The Hall–Kier alpha value is -6.38. The van der Waals surface area contributed by atoms with Gasteiger partial charge in [0.1, 0.15) is 0 Å². The van der Waals surface area contributed by atoms with E-state index in [1.54, 1.807) is 0 Å². The highest BCUT2D eigenvalue weighted by Crippen LogP contribution is 2.37. The van der Waals surface area contributed by atoms with Crippen molar-refractivity contribution in [2.24, 2.45) is 0 Å². The number of hydrogen-bond acceptors (Lipinski definition) is 0. The van der Waals surface area contributed by atoms with Crippen LogP contribution < -0.4 is 0 Å². The van der Waals surface area contributed by atoms with E-state index in [1.807, 2.05) is 0 Å². The average molecular weight is 625 g/mol. The van der Waals surface area contributed by atoms with Crippen LogP contribution in [-0.4, -0.2) is 9.13 Å². The van der Waals surface area contributed by atoms with Gasteiger partial charge in [-0.3, -0.25) is 0 Å². The van der Waals surface area contributed by atoms with E-state index in [0.29, 0.717) is 0 Å². The standard InChI is InChI=1S/C47H32N2/c1-2-16-37(17-3-1)48-44-21-8-6-19-39(44)41-26-24-33(30-46(41)48)28-32-12-10-15-35(29-32)36-25-27-42-40-20-7-9-22-45(40)49(47(42)31-36)43-23-11-14-34-13-4-5-18-38(34)43/h1-27,29-31H,28H2. The summed E-state index contributed by atoms with van der Waals surface area (Å²) in [7, 11) is 0. The average Bonchev–Trinajstić information content (AvgIpc) is 3.67. The quantitative estimate of drug-likeness (QED) is 0.180. The van der Waals surface area contributed by atoms with E-state index >= 15 is 0 Å². The number of rotatable bonds is 5. The normalized spacial score (nSPS) is 11.8. The second kappa shape index (κ2) is 11.1. The predicted molar refractivity (Wildman–Crippen MR) is 207 cm³/mol. The molecular formula is C47H32N2. The van der Waals surface area contributed by atoms with E-state index in [2.05, 4.69) is 191 Å². The third kappa shape index (κ3) is 4.49. The molecule has 0 amide bonds. The Morgan fingerprint density at radius 3 is 1.71 bits per heavy atom. The maximum Gasteiger partial charge on any atom is 0.0547 e. The van der Waals surface area contributed by atoms with Gasteiger partial charge in [-0.15, -0.1) is 0 Å². The van der Waals surface area contributed by atoms with E-state index < -0.39 is 0 Å². The minimum Gasteiger partial charge on any atom is -0.309 e. The molecular weight excluding hydrogens is 593 g/mol. The van der Waals surface area contributed by atoms with Crippen molar-refractivity contribution in [3.63, 3.8) is 0 Å². The molecule has 0 saturated carbocycles. The molecule has 0 aliphatic rings. The maximum atomic E-state index is 2.45. The molecule has 0 radical (unpaired) electrons. The molecule has 0 aliphatic carbocycles. The molecule has 2 heterocycles. The van der Waals surface area contributed by atoms with Crippen LogP contribution in [0.15, 0.2) is 182 Å². The van der Waals surface area contributed by atoms with E-state index in [9.17, 15) is 0 Å². The molecule has 10 rings (SSSR count). The van der Waals surface area contributed by atoms with Gasteiger partial charge >= 0.3 is 0 Å². The van der Waals surface area contributed by atoms with Crippen LogP contribution in [0.25, 0.3) is 76.9 Å². The summed E-state index contributed by atoms with van der Waals surface area (Å²) < 4.78 is 4.84. The summed E-state index contributed by atoms with van der Waals surface area (Å²) in [5.41, 5.74) is 12.4. The number of nitrogens with zero attached hydrogens (tertiary/aromatic N) is 2. The fourth-order valence-electron chi connectivity index (χ4n) is 7.89. The van der Waals surface area contributed by atoms with Crippen molar-refractivity contribution in [2.75, 3.05) is 0 Å². The van der Waals surface area contributed by atoms with Gasteiger partial charge in [-0.2, -0.15) is 0 Å². The molecule has 230 valence electrons. The Morgan fingerprint density at radius 2 is 0.898 bits per heavy atom. The SMILES string of the molecule is c1ccc(-n2c3ccccc3c3ccc(Cc4cccc(-c5ccc6c7ccccc7n(-c7cccc8ccccc78)c6c5)c4)cc32)cc1. The monoisotopic (exact) mass is 624 g/mol. The maximum absolute atomic E-state index is 2.45. The predicted octanol–water partition coefficient (Wildman–Crippen LogP) is 12.3. The van der Waals surface area contributed by atoms with Crippen molar-refractivity contribution in [1.29, 1.82) is 0 Å². The number of fused-ring (bicyclic) bond motifs is 7. The van der Waals surface area contributed by atoms with Crippen LogP contribution >= 0.6 is 0 Å². The minimum absolute atomic E-state index is 0.860. The lowest BCUT2D eigenvalue weighted by molar-refractivity contribution is 1.16. The van der Waals surface area contributed by atoms with Crippen molar-refractivity contribution < 1.29 is 0 Å². The lowest BCUT2D eigenvalue weighted by Gasteiger charge is -2.12. The van der Waals surface area contributed by atoms with Crippen LogP contribution in [-0.2, 0) is 6.42 Å². The molecule has 49 heavy (non-hydrogen) atoms. The highest BCUT2D eigenvalue weighted by molar-refractivity contribution is 6.12. The Balaban J connectivity index is 1.08. The van der Waals surface area contributed by atoms with Gasteiger partial charge in [-0.1, -0.05) is 140 Å². The first-order valence-electron chi connectivity index (χ1n) is 17.0. The molecule has 0 bridgehead atoms. The van der Waals surface area contributed by atoms with E-state index in [0.717, 1.165) is 6.42 Å². The zero-order valence-electron chi connectivity index (χ0n) is 26.9. The molecule has 0 atom stereocenters. The van der Waals surface area contributed by atoms with Crippen LogP contribution in [0, 0.1) is 0 Å². The van der Waals surface area contributed by atoms with Crippen LogP contribution in [0.3, 0.4) is 0 Å². The molecule has 8 aromatic carbocycles. The van der Waals surface area contributed by atoms with Crippen molar-refractivity contribution in [2.45, 2.75) is 6.42 Å². The summed E-state index contributed by atoms with van der Waals surface area (Å²) in [6.07, 6.45) is 0.860. The topological polar surface area (TPSA) is 9.86 Å². The van der Waals surface area contributed by atoms with Crippen LogP contribution in [0.2, 0.25) is 0 Å². The van der Waals surface area contributed by atoms with Crippen molar-refractivity contribution in [3.8, 4) is 22.5 Å². The summed E-state index contributed by atoms with van der Waals surface area (Å²) in [4.78, 5) is 0. The zero-order valence-corrected chi connectivity index (χ0v) is 26.9. The van der Waals surface area contributed by atoms with Crippen LogP contribution in [0.4, 0.5) is 0 Å². The third-order valence-electron chi connectivity index (χ3n) is 10.1. The van der Waals surface area contributed by atoms with E-state index in [1.165, 1.54) is 88.0 Å². The number of para-hydroxylation sites is 3. The Labute approximate surface area is 284 Å². The van der Waals surface area contributed by atoms with Crippen LogP contribution in [0.1, 0.15) is 11.1 Å². The summed E-state index contributed by atoms with van der Waals surface area (Å²) in [5.74, 6) is 0. The Bertz CT molecular complexity index is 2850. The molecule has 0 aliphatic heterocycles. The summed E-state index contributed by atoms with van der Waals surface area (Å²) >= 11 is 0. The van der Waals surface area contributed by atoms with Gasteiger partial charge in [0.15, 0.2) is 0 Å².